The maximum absolute atomic E-state index is 12.8. The molecular formula is C20H19N3O4S. The minimum Gasteiger partial charge on any atom is -0.350 e. The zero-order valence-electron chi connectivity index (χ0n) is 15.6. The van der Waals surface area contributed by atoms with Gasteiger partial charge in [0.1, 0.15) is 4.90 Å². The molecule has 0 atom stereocenters. The lowest BCUT2D eigenvalue weighted by Gasteiger charge is -2.18. The number of amides is 2. The van der Waals surface area contributed by atoms with E-state index in [2.05, 4.69) is 5.32 Å². The molecule has 0 saturated heterocycles. The summed E-state index contributed by atoms with van der Waals surface area (Å²) in [5.41, 5.74) is 1.86. The minimum atomic E-state index is -3.95. The zero-order valence-corrected chi connectivity index (χ0v) is 16.4. The monoisotopic (exact) mass is 397 g/mol. The molecule has 0 aliphatic carbocycles. The second kappa shape index (κ2) is 6.20. The first-order valence-corrected chi connectivity index (χ1v) is 10.2. The molecule has 1 aliphatic heterocycles. The van der Waals surface area contributed by atoms with Gasteiger partial charge in [-0.1, -0.05) is 6.07 Å². The van der Waals surface area contributed by atoms with E-state index in [4.69, 9.17) is 0 Å². The van der Waals surface area contributed by atoms with Crippen LogP contribution in [0.1, 0.15) is 34.6 Å². The highest BCUT2D eigenvalue weighted by Gasteiger charge is 2.42. The van der Waals surface area contributed by atoms with Crippen LogP contribution >= 0.6 is 0 Å². The molecule has 144 valence electrons. The van der Waals surface area contributed by atoms with Crippen molar-refractivity contribution in [2.45, 2.75) is 24.8 Å². The average molecular weight is 397 g/mol. The molecule has 2 amide bonds. The van der Waals surface area contributed by atoms with Crippen molar-refractivity contribution in [1.29, 1.82) is 0 Å². The van der Waals surface area contributed by atoms with Gasteiger partial charge in [-0.2, -0.15) is 0 Å². The molecule has 1 N–H and O–H groups in total. The van der Waals surface area contributed by atoms with Crippen molar-refractivity contribution in [2.75, 3.05) is 5.32 Å². The maximum atomic E-state index is 12.8. The second-order valence-electron chi connectivity index (χ2n) is 7.03. The quantitative estimate of drug-likeness (QED) is 0.736. The molecule has 2 aromatic carbocycles. The Kier molecular flexibility index (Phi) is 4.04. The van der Waals surface area contributed by atoms with E-state index in [9.17, 15) is 18.0 Å². The van der Waals surface area contributed by atoms with Gasteiger partial charge in [-0.25, -0.2) is 12.7 Å². The Labute approximate surface area is 162 Å². The first-order valence-electron chi connectivity index (χ1n) is 8.80. The summed E-state index contributed by atoms with van der Waals surface area (Å²) in [7, 11) is -2.04. The van der Waals surface area contributed by atoms with Crippen molar-refractivity contribution in [3.8, 4) is 0 Å². The summed E-state index contributed by atoms with van der Waals surface area (Å²) >= 11 is 0. The Morgan fingerprint density at radius 1 is 1.11 bits per heavy atom. The molecule has 0 unspecified atom stereocenters. The smallest absolute Gasteiger partial charge is 0.269 e. The van der Waals surface area contributed by atoms with Crippen molar-refractivity contribution in [3.63, 3.8) is 0 Å². The molecule has 28 heavy (non-hydrogen) atoms. The summed E-state index contributed by atoms with van der Waals surface area (Å²) in [6.45, 7) is 3.27. The SMILES string of the molecule is CC(C)N1C(=O)c2ccc(C(=O)Nc3cccc4c3ccn4C)cc2S1(=O)=O. The molecule has 0 spiro atoms. The molecule has 8 heteroatoms. The van der Waals surface area contributed by atoms with Crippen LogP contribution in [0.25, 0.3) is 10.9 Å². The van der Waals surface area contributed by atoms with Crippen molar-refractivity contribution < 1.29 is 18.0 Å². The van der Waals surface area contributed by atoms with E-state index in [1.165, 1.54) is 18.2 Å². The fraction of sp³-hybridized carbons (Fsp3) is 0.200. The molecule has 0 saturated carbocycles. The van der Waals surface area contributed by atoms with E-state index in [-0.39, 0.29) is 16.0 Å². The van der Waals surface area contributed by atoms with Crippen LogP contribution in [0, 0.1) is 0 Å². The highest BCUT2D eigenvalue weighted by atomic mass is 32.2. The third-order valence-electron chi connectivity index (χ3n) is 4.86. The van der Waals surface area contributed by atoms with Gasteiger partial charge < -0.3 is 9.88 Å². The van der Waals surface area contributed by atoms with Gasteiger partial charge in [-0.05, 0) is 50.2 Å². The summed E-state index contributed by atoms with van der Waals surface area (Å²) in [5, 5.41) is 3.72. The normalized spacial score (nSPS) is 15.3. The van der Waals surface area contributed by atoms with Crippen LogP contribution in [0.5, 0.6) is 0 Å². The summed E-state index contributed by atoms with van der Waals surface area (Å²) in [5.74, 6) is -1.00. The number of hydrogen-bond acceptors (Lipinski definition) is 4. The van der Waals surface area contributed by atoms with E-state index in [1.54, 1.807) is 19.9 Å². The summed E-state index contributed by atoms with van der Waals surface area (Å²) in [6, 6.07) is 11.1. The Bertz CT molecular complexity index is 1240. The molecule has 4 rings (SSSR count). The van der Waals surface area contributed by atoms with Crippen molar-refractivity contribution in [2.24, 2.45) is 7.05 Å². The lowest BCUT2D eigenvalue weighted by Crippen LogP contribution is -2.36. The van der Waals surface area contributed by atoms with Crippen LogP contribution in [0.15, 0.2) is 53.6 Å². The molecule has 0 fully saturated rings. The first kappa shape index (κ1) is 18.2. The summed E-state index contributed by atoms with van der Waals surface area (Å²) in [4.78, 5) is 25.1. The van der Waals surface area contributed by atoms with E-state index < -0.39 is 27.9 Å². The number of carbonyl (C=O) groups excluding carboxylic acids is 2. The molecule has 7 nitrogen and oxygen atoms in total. The largest absolute Gasteiger partial charge is 0.350 e. The Hall–Kier alpha value is -3.13. The number of carbonyl (C=O) groups is 2. The topological polar surface area (TPSA) is 88.5 Å². The molecule has 1 aliphatic rings. The third-order valence-corrected chi connectivity index (χ3v) is 6.86. The number of benzene rings is 2. The van der Waals surface area contributed by atoms with Gasteiger partial charge in [-0.15, -0.1) is 0 Å². The lowest BCUT2D eigenvalue weighted by atomic mass is 10.1. The number of fused-ring (bicyclic) bond motifs is 2. The van der Waals surface area contributed by atoms with Crippen LogP contribution in [-0.4, -0.2) is 35.1 Å². The lowest BCUT2D eigenvalue weighted by molar-refractivity contribution is 0.0846. The average Bonchev–Trinajstić information content (AvgIpc) is 3.11. The van der Waals surface area contributed by atoms with E-state index in [0.717, 1.165) is 15.2 Å². The molecule has 0 radical (unpaired) electrons. The number of nitrogens with one attached hydrogen (secondary N) is 1. The number of anilines is 1. The maximum Gasteiger partial charge on any atom is 0.269 e. The van der Waals surface area contributed by atoms with Gasteiger partial charge in [0.25, 0.3) is 21.8 Å². The highest BCUT2D eigenvalue weighted by Crippen LogP contribution is 2.33. The van der Waals surface area contributed by atoms with Crippen molar-refractivity contribution in [1.82, 2.24) is 8.87 Å². The van der Waals surface area contributed by atoms with Crippen LogP contribution in [0.3, 0.4) is 0 Å². The van der Waals surface area contributed by atoms with Gasteiger partial charge in [0.15, 0.2) is 0 Å². The van der Waals surface area contributed by atoms with E-state index >= 15 is 0 Å². The van der Waals surface area contributed by atoms with Gasteiger partial charge >= 0.3 is 0 Å². The number of hydrogen-bond donors (Lipinski definition) is 1. The number of rotatable bonds is 3. The van der Waals surface area contributed by atoms with Crippen LogP contribution < -0.4 is 5.32 Å². The van der Waals surface area contributed by atoms with Crippen molar-refractivity contribution in [3.05, 3.63) is 59.8 Å². The van der Waals surface area contributed by atoms with E-state index in [0.29, 0.717) is 5.69 Å². The van der Waals surface area contributed by atoms with Gasteiger partial charge in [0.05, 0.1) is 11.3 Å². The fourth-order valence-corrected chi connectivity index (χ4v) is 5.30. The fourth-order valence-electron chi connectivity index (χ4n) is 3.51. The van der Waals surface area contributed by atoms with Gasteiger partial charge in [0.2, 0.25) is 0 Å². The van der Waals surface area contributed by atoms with Crippen LogP contribution in [-0.2, 0) is 17.1 Å². The van der Waals surface area contributed by atoms with Crippen LogP contribution in [0.2, 0.25) is 0 Å². The summed E-state index contributed by atoms with van der Waals surface area (Å²) < 4.78 is 28.2. The number of aryl methyl sites for hydroxylation is 1. The predicted molar refractivity (Wildman–Crippen MR) is 106 cm³/mol. The first-order chi connectivity index (χ1) is 13.2. The van der Waals surface area contributed by atoms with E-state index in [1.807, 2.05) is 36.0 Å². The zero-order chi connectivity index (χ0) is 20.2. The predicted octanol–water partition coefficient (Wildman–Crippen LogP) is 2.98. The molecule has 1 aromatic heterocycles. The Morgan fingerprint density at radius 2 is 1.86 bits per heavy atom. The Morgan fingerprint density at radius 3 is 2.57 bits per heavy atom. The van der Waals surface area contributed by atoms with Gasteiger partial charge in [-0.3, -0.25) is 9.59 Å². The number of sulfonamides is 1. The second-order valence-corrected chi connectivity index (χ2v) is 8.81. The molecule has 0 bridgehead atoms. The highest BCUT2D eigenvalue weighted by molar-refractivity contribution is 7.90. The van der Waals surface area contributed by atoms with Gasteiger partial charge in [0, 0.05) is 35.8 Å². The standard InChI is InChI=1S/C20H19N3O4S/c1-12(2)23-20(25)15-8-7-13(11-18(15)28(23,26)27)19(24)21-16-5-4-6-17-14(16)9-10-22(17)3/h4-12H,1-3H3,(H,21,24). The Balaban J connectivity index is 1.71. The molecular weight excluding hydrogens is 378 g/mol. The number of aromatic nitrogens is 1. The molecule has 2 heterocycles. The summed E-state index contributed by atoms with van der Waals surface area (Å²) in [6.07, 6.45) is 1.90. The third kappa shape index (κ3) is 2.60. The minimum absolute atomic E-state index is 0.0930. The number of nitrogens with zero attached hydrogens (tertiary/aromatic N) is 2. The molecule has 3 aromatic rings. The van der Waals surface area contributed by atoms with Crippen LogP contribution in [0.4, 0.5) is 5.69 Å². The van der Waals surface area contributed by atoms with Crippen molar-refractivity contribution >= 4 is 38.4 Å².